The zero-order valence-corrected chi connectivity index (χ0v) is 21.1. The van der Waals surface area contributed by atoms with Gasteiger partial charge >= 0.3 is 0 Å². The summed E-state index contributed by atoms with van der Waals surface area (Å²) < 4.78 is 24.6. The number of amides is 1. The van der Waals surface area contributed by atoms with Crippen LogP contribution in [0.15, 0.2) is 29.3 Å². The van der Waals surface area contributed by atoms with Crippen LogP contribution in [-0.4, -0.2) is 83.1 Å². The Morgan fingerprint density at radius 3 is 2.38 bits per heavy atom. The first kappa shape index (κ1) is 27.6. The van der Waals surface area contributed by atoms with E-state index in [-0.39, 0.29) is 29.9 Å². The predicted octanol–water partition coefficient (Wildman–Crippen LogP) is 1.39. The highest BCUT2D eigenvalue weighted by atomic mass is 127. The quantitative estimate of drug-likeness (QED) is 0.203. The minimum atomic E-state index is -3.15. The molecule has 10 heteroatoms. The number of hydrogen-bond donors (Lipinski definition) is 2. The first-order chi connectivity index (χ1) is 13.2. The normalized spacial score (nSPS) is 11.7. The highest BCUT2D eigenvalue weighted by Gasteiger charge is 2.13. The average molecular weight is 539 g/mol. The Kier molecular flexibility index (Phi) is 13.1. The lowest BCUT2D eigenvalue weighted by atomic mass is 10.1. The first-order valence-corrected chi connectivity index (χ1v) is 11.2. The number of guanidine groups is 1. The van der Waals surface area contributed by atoms with Crippen molar-refractivity contribution in [3.63, 3.8) is 0 Å². The fourth-order valence-electron chi connectivity index (χ4n) is 2.68. The number of rotatable bonds is 10. The van der Waals surface area contributed by atoms with Crippen molar-refractivity contribution in [3.8, 4) is 0 Å². The second kappa shape index (κ2) is 13.8. The van der Waals surface area contributed by atoms with Crippen LogP contribution in [0.25, 0.3) is 0 Å². The second-order valence-electron chi connectivity index (χ2n) is 6.68. The number of nitrogens with zero attached hydrogens (tertiary/aromatic N) is 3. The number of halogens is 1. The summed E-state index contributed by atoms with van der Waals surface area (Å²) in [7, 11) is 2.02. The maximum atomic E-state index is 12.0. The molecule has 0 aliphatic heterocycles. The molecule has 0 aliphatic rings. The van der Waals surface area contributed by atoms with Crippen LogP contribution in [0.2, 0.25) is 0 Å². The van der Waals surface area contributed by atoms with Crippen LogP contribution in [0.4, 0.5) is 0 Å². The molecular weight excluding hydrogens is 505 g/mol. The number of hydrogen-bond acceptors (Lipinski definition) is 4. The van der Waals surface area contributed by atoms with E-state index >= 15 is 0 Å². The summed E-state index contributed by atoms with van der Waals surface area (Å²) >= 11 is 0. The van der Waals surface area contributed by atoms with E-state index in [4.69, 9.17) is 0 Å². The molecular formula is C19H34IN5O3S. The molecule has 0 saturated carbocycles. The summed E-state index contributed by atoms with van der Waals surface area (Å²) in [5.74, 6) is 0.658. The SMILES string of the molecule is CCN(CCCNC(=NC)NCCc1cccc(C(=O)N(C)C)c1)S(C)(=O)=O.I. The highest BCUT2D eigenvalue weighted by Crippen LogP contribution is 2.07. The molecule has 0 spiro atoms. The van der Waals surface area contributed by atoms with Gasteiger partial charge in [0.15, 0.2) is 5.96 Å². The lowest BCUT2D eigenvalue weighted by Crippen LogP contribution is -2.40. The Morgan fingerprint density at radius 2 is 1.83 bits per heavy atom. The van der Waals surface area contributed by atoms with E-state index in [2.05, 4.69) is 15.6 Å². The second-order valence-corrected chi connectivity index (χ2v) is 8.67. The molecule has 0 fully saturated rings. The van der Waals surface area contributed by atoms with Gasteiger partial charge in [0, 0.05) is 52.9 Å². The van der Waals surface area contributed by atoms with Crippen molar-refractivity contribution in [3.05, 3.63) is 35.4 Å². The van der Waals surface area contributed by atoms with Crippen LogP contribution >= 0.6 is 24.0 Å². The Balaban J connectivity index is 0.00000784. The van der Waals surface area contributed by atoms with Crippen molar-refractivity contribution < 1.29 is 13.2 Å². The Hall–Kier alpha value is -1.40. The van der Waals surface area contributed by atoms with Gasteiger partial charge in [-0.25, -0.2) is 12.7 Å². The fourth-order valence-corrected chi connectivity index (χ4v) is 3.61. The van der Waals surface area contributed by atoms with Gasteiger partial charge in [-0.2, -0.15) is 0 Å². The summed E-state index contributed by atoms with van der Waals surface area (Å²) in [4.78, 5) is 17.8. The van der Waals surface area contributed by atoms with Crippen LogP contribution in [0.1, 0.15) is 29.3 Å². The smallest absolute Gasteiger partial charge is 0.253 e. The van der Waals surface area contributed by atoms with Crippen LogP contribution in [0, 0.1) is 0 Å². The largest absolute Gasteiger partial charge is 0.356 e. The van der Waals surface area contributed by atoms with Crippen LogP contribution in [0.3, 0.4) is 0 Å². The zero-order valence-electron chi connectivity index (χ0n) is 17.9. The number of carbonyl (C=O) groups excluding carboxylic acids is 1. The molecule has 0 bridgehead atoms. The highest BCUT2D eigenvalue weighted by molar-refractivity contribution is 14.0. The van der Waals surface area contributed by atoms with Crippen molar-refractivity contribution in [2.75, 3.05) is 53.6 Å². The van der Waals surface area contributed by atoms with E-state index in [1.54, 1.807) is 26.0 Å². The van der Waals surface area contributed by atoms with E-state index in [1.807, 2.05) is 31.2 Å². The molecule has 0 heterocycles. The lowest BCUT2D eigenvalue weighted by Gasteiger charge is -2.18. The van der Waals surface area contributed by atoms with Gasteiger partial charge in [-0.05, 0) is 30.5 Å². The van der Waals surface area contributed by atoms with Gasteiger partial charge in [-0.1, -0.05) is 19.1 Å². The van der Waals surface area contributed by atoms with Gasteiger partial charge in [0.05, 0.1) is 6.26 Å². The molecule has 1 rings (SSSR count). The van der Waals surface area contributed by atoms with E-state index < -0.39 is 10.0 Å². The zero-order chi connectivity index (χ0) is 21.2. The number of sulfonamides is 1. The summed E-state index contributed by atoms with van der Waals surface area (Å²) in [6.07, 6.45) is 2.68. The molecule has 0 aliphatic carbocycles. The van der Waals surface area contributed by atoms with Crippen LogP contribution in [-0.2, 0) is 16.4 Å². The molecule has 1 amide bonds. The van der Waals surface area contributed by atoms with Crippen molar-refractivity contribution in [2.24, 2.45) is 4.99 Å². The summed E-state index contributed by atoms with van der Waals surface area (Å²) in [5, 5.41) is 6.42. The van der Waals surface area contributed by atoms with Crippen LogP contribution < -0.4 is 10.6 Å². The van der Waals surface area contributed by atoms with Gasteiger partial charge in [-0.15, -0.1) is 24.0 Å². The van der Waals surface area contributed by atoms with Crippen molar-refractivity contribution in [2.45, 2.75) is 19.8 Å². The van der Waals surface area contributed by atoms with Crippen molar-refractivity contribution in [1.29, 1.82) is 0 Å². The third-order valence-corrected chi connectivity index (χ3v) is 5.59. The molecule has 0 unspecified atom stereocenters. The van der Waals surface area contributed by atoms with Crippen molar-refractivity contribution >= 4 is 45.9 Å². The molecule has 0 aromatic heterocycles. The number of carbonyl (C=O) groups is 1. The third-order valence-electron chi connectivity index (χ3n) is 4.21. The molecule has 0 radical (unpaired) electrons. The van der Waals surface area contributed by atoms with Gasteiger partial charge in [0.1, 0.15) is 0 Å². The molecule has 1 aromatic rings. The monoisotopic (exact) mass is 539 g/mol. The first-order valence-electron chi connectivity index (χ1n) is 9.39. The van der Waals surface area contributed by atoms with Gasteiger partial charge in [0.2, 0.25) is 10.0 Å². The summed E-state index contributed by atoms with van der Waals surface area (Å²) in [6, 6.07) is 7.61. The third kappa shape index (κ3) is 10.3. The van der Waals surface area contributed by atoms with E-state index in [0.717, 1.165) is 12.0 Å². The molecule has 0 saturated heterocycles. The van der Waals surface area contributed by atoms with Crippen LogP contribution in [0.5, 0.6) is 0 Å². The molecule has 0 atom stereocenters. The van der Waals surface area contributed by atoms with Gasteiger partial charge in [-0.3, -0.25) is 9.79 Å². The summed E-state index contributed by atoms with van der Waals surface area (Å²) in [5.41, 5.74) is 1.75. The standard InChI is InChI=1S/C19H33N5O3S.HI/c1-6-24(28(5,26)27)14-8-12-21-19(20-2)22-13-11-16-9-7-10-17(15-16)18(25)23(3)4;/h7,9-10,15H,6,8,11-14H2,1-5H3,(H2,20,21,22);1H. The Morgan fingerprint density at radius 1 is 1.17 bits per heavy atom. The van der Waals surface area contributed by atoms with E-state index in [1.165, 1.54) is 10.6 Å². The molecule has 29 heavy (non-hydrogen) atoms. The molecule has 8 nitrogen and oxygen atoms in total. The Bertz CT molecular complexity index is 769. The van der Waals surface area contributed by atoms with Crippen molar-refractivity contribution in [1.82, 2.24) is 19.8 Å². The van der Waals surface area contributed by atoms with E-state index in [9.17, 15) is 13.2 Å². The lowest BCUT2D eigenvalue weighted by molar-refractivity contribution is 0.0827. The average Bonchev–Trinajstić information content (AvgIpc) is 2.65. The molecule has 166 valence electrons. The van der Waals surface area contributed by atoms with E-state index in [0.29, 0.717) is 44.1 Å². The minimum Gasteiger partial charge on any atom is -0.356 e. The minimum absolute atomic E-state index is 0. The summed E-state index contributed by atoms with van der Waals surface area (Å²) in [6.45, 7) is 4.07. The maximum Gasteiger partial charge on any atom is 0.253 e. The van der Waals surface area contributed by atoms with Gasteiger partial charge < -0.3 is 15.5 Å². The Labute approximate surface area is 192 Å². The number of nitrogens with one attached hydrogen (secondary N) is 2. The predicted molar refractivity (Wildman–Crippen MR) is 130 cm³/mol. The number of aliphatic imine (C=N–C) groups is 1. The fraction of sp³-hybridized carbons (Fsp3) is 0.579. The molecule has 1 aromatic carbocycles. The topological polar surface area (TPSA) is 94.1 Å². The van der Waals surface area contributed by atoms with Gasteiger partial charge in [0.25, 0.3) is 5.91 Å². The number of benzene rings is 1. The molecule has 2 N–H and O–H groups in total. The maximum absolute atomic E-state index is 12.0.